The molecule has 2 aromatic carbocycles. The first-order valence-electron chi connectivity index (χ1n) is 9.81. The van der Waals surface area contributed by atoms with Gasteiger partial charge in [-0.3, -0.25) is 14.4 Å². The summed E-state index contributed by atoms with van der Waals surface area (Å²) in [5.74, 6) is -2.50. The number of carbonyl (C=O) groups is 3. The normalized spacial score (nSPS) is 20.8. The maximum atomic E-state index is 13.7. The molecule has 32 heavy (non-hydrogen) atoms. The van der Waals surface area contributed by atoms with Crippen molar-refractivity contribution in [1.82, 2.24) is 0 Å². The summed E-state index contributed by atoms with van der Waals surface area (Å²) in [6.45, 7) is 5.84. The molecule has 0 radical (unpaired) electrons. The van der Waals surface area contributed by atoms with Crippen molar-refractivity contribution in [3.63, 3.8) is 0 Å². The number of aromatic hydroxyl groups is 2. The number of carbonyl (C=O) groups excluding carboxylic acids is 3. The van der Waals surface area contributed by atoms with Crippen LogP contribution in [0.1, 0.15) is 42.3 Å². The smallest absolute Gasteiger partial charge is 0.194 e. The number of phenols is 2. The number of benzene rings is 2. The van der Waals surface area contributed by atoms with E-state index in [9.17, 15) is 24.6 Å². The van der Waals surface area contributed by atoms with Crippen LogP contribution in [-0.4, -0.2) is 27.6 Å². The number of ether oxygens (including phenoxy) is 1. The Morgan fingerprint density at radius 2 is 1.84 bits per heavy atom. The molecule has 8 heteroatoms. The van der Waals surface area contributed by atoms with Crippen LogP contribution in [0.25, 0.3) is 0 Å². The second kappa shape index (κ2) is 7.34. The van der Waals surface area contributed by atoms with Crippen molar-refractivity contribution < 1.29 is 29.3 Å². The number of anilines is 1. The van der Waals surface area contributed by atoms with Gasteiger partial charge < -0.3 is 20.3 Å². The molecule has 1 aliphatic carbocycles. The number of halogens is 1. The van der Waals surface area contributed by atoms with Gasteiger partial charge in [-0.05, 0) is 45.9 Å². The number of nitrogens with one attached hydrogen (secondary N) is 1. The number of hydrogen-bond donors (Lipinski definition) is 3. The molecule has 1 atom stereocenters. The van der Waals surface area contributed by atoms with Crippen LogP contribution in [0.3, 0.4) is 0 Å². The molecule has 0 bridgehead atoms. The Labute approximate surface area is 192 Å². The predicted octanol–water partition coefficient (Wildman–Crippen LogP) is 4.44. The van der Waals surface area contributed by atoms with Gasteiger partial charge in [0, 0.05) is 27.5 Å². The Morgan fingerprint density at radius 3 is 2.47 bits per heavy atom. The third kappa shape index (κ3) is 2.97. The van der Waals surface area contributed by atoms with Crippen molar-refractivity contribution in [2.75, 3.05) is 5.32 Å². The summed E-state index contributed by atoms with van der Waals surface area (Å²) < 4.78 is 6.58. The lowest BCUT2D eigenvalue weighted by molar-refractivity contribution is -0.123. The SMILES string of the molecule is CC(=O)c1c(O)c(C)c(O)c2c1OC1=CC(=O)/C(=C(\C)Nc3cccc(Br)c3)C(=O)C12C. The lowest BCUT2D eigenvalue weighted by atomic mass is 9.70. The summed E-state index contributed by atoms with van der Waals surface area (Å²) in [5.41, 5.74) is -0.622. The molecule has 2 aliphatic rings. The van der Waals surface area contributed by atoms with Crippen molar-refractivity contribution in [3.05, 3.63) is 68.5 Å². The molecule has 0 amide bonds. The van der Waals surface area contributed by atoms with Crippen LogP contribution in [0.4, 0.5) is 5.69 Å². The molecule has 1 aliphatic heterocycles. The van der Waals surface area contributed by atoms with Crippen LogP contribution in [0.2, 0.25) is 0 Å². The zero-order valence-corrected chi connectivity index (χ0v) is 19.4. The molecule has 0 aromatic heterocycles. The highest BCUT2D eigenvalue weighted by atomic mass is 79.9. The van der Waals surface area contributed by atoms with E-state index in [4.69, 9.17) is 4.74 Å². The van der Waals surface area contributed by atoms with E-state index in [-0.39, 0.29) is 39.5 Å². The number of allylic oxidation sites excluding steroid dienone is 4. The highest BCUT2D eigenvalue weighted by Gasteiger charge is 2.56. The first-order chi connectivity index (χ1) is 15.0. The van der Waals surface area contributed by atoms with E-state index in [0.29, 0.717) is 11.4 Å². The standard InChI is InChI=1S/C24H20BrNO6/c1-10-20(29)18(12(3)27)22-19(21(10)30)24(4)16(32-22)9-15(28)17(23(24)31)11(2)26-14-7-5-6-13(25)8-14/h5-9,26,29-30H,1-4H3/b17-11-. The molecule has 0 spiro atoms. The number of hydrogen-bond acceptors (Lipinski definition) is 7. The topological polar surface area (TPSA) is 113 Å². The fourth-order valence-electron chi connectivity index (χ4n) is 4.21. The number of Topliss-reactive ketones (excluding diaryl/α,β-unsaturated/α-hetero) is 2. The van der Waals surface area contributed by atoms with Gasteiger partial charge in [0.05, 0.1) is 11.1 Å². The third-order valence-electron chi connectivity index (χ3n) is 5.92. The fraction of sp³-hybridized carbons (Fsp3) is 0.208. The molecule has 1 heterocycles. The van der Waals surface area contributed by atoms with Crippen molar-refractivity contribution >= 4 is 39.0 Å². The molecule has 0 saturated heterocycles. The summed E-state index contributed by atoms with van der Waals surface area (Å²) in [6, 6.07) is 7.25. The fourth-order valence-corrected chi connectivity index (χ4v) is 4.61. The second-order valence-corrected chi connectivity index (χ2v) is 8.94. The first kappa shape index (κ1) is 21.8. The quantitative estimate of drug-likeness (QED) is 0.326. The minimum absolute atomic E-state index is 0.00399. The summed E-state index contributed by atoms with van der Waals surface area (Å²) in [4.78, 5) is 38.9. The molecular formula is C24H20BrNO6. The van der Waals surface area contributed by atoms with Gasteiger partial charge in [-0.2, -0.15) is 0 Å². The van der Waals surface area contributed by atoms with E-state index in [1.54, 1.807) is 19.1 Å². The van der Waals surface area contributed by atoms with Crippen molar-refractivity contribution in [2.24, 2.45) is 0 Å². The van der Waals surface area contributed by atoms with Gasteiger partial charge in [0.1, 0.15) is 34.0 Å². The summed E-state index contributed by atoms with van der Waals surface area (Å²) >= 11 is 3.38. The van der Waals surface area contributed by atoms with Gasteiger partial charge in [0.25, 0.3) is 0 Å². The van der Waals surface area contributed by atoms with E-state index >= 15 is 0 Å². The Balaban J connectivity index is 1.92. The van der Waals surface area contributed by atoms with Crippen molar-refractivity contribution in [3.8, 4) is 17.2 Å². The number of phenolic OH excluding ortho intramolecular Hbond substituents is 2. The van der Waals surface area contributed by atoms with Crippen LogP contribution < -0.4 is 10.1 Å². The summed E-state index contributed by atoms with van der Waals surface area (Å²) in [7, 11) is 0. The van der Waals surface area contributed by atoms with Gasteiger partial charge >= 0.3 is 0 Å². The van der Waals surface area contributed by atoms with E-state index in [1.165, 1.54) is 26.8 Å². The van der Waals surface area contributed by atoms with Crippen LogP contribution >= 0.6 is 15.9 Å². The zero-order valence-electron chi connectivity index (χ0n) is 17.8. The van der Waals surface area contributed by atoms with Crippen LogP contribution in [0.5, 0.6) is 17.2 Å². The molecule has 4 rings (SSSR count). The van der Waals surface area contributed by atoms with Gasteiger partial charge in [0.15, 0.2) is 17.3 Å². The lowest BCUT2D eigenvalue weighted by Gasteiger charge is -2.29. The minimum Gasteiger partial charge on any atom is -0.507 e. The predicted molar refractivity (Wildman–Crippen MR) is 121 cm³/mol. The minimum atomic E-state index is -1.54. The Bertz CT molecular complexity index is 1310. The summed E-state index contributed by atoms with van der Waals surface area (Å²) in [5, 5.41) is 24.3. The molecule has 0 fully saturated rings. The maximum Gasteiger partial charge on any atom is 0.194 e. The molecule has 164 valence electrons. The van der Waals surface area contributed by atoms with Crippen LogP contribution in [0.15, 0.2) is 51.8 Å². The molecule has 2 aromatic rings. The highest BCUT2D eigenvalue weighted by Crippen LogP contribution is 2.57. The van der Waals surface area contributed by atoms with Crippen LogP contribution in [0, 0.1) is 6.92 Å². The van der Waals surface area contributed by atoms with Crippen LogP contribution in [-0.2, 0) is 15.0 Å². The molecular weight excluding hydrogens is 478 g/mol. The van der Waals surface area contributed by atoms with E-state index < -0.39 is 28.5 Å². The average Bonchev–Trinajstić information content (AvgIpc) is 2.99. The molecule has 7 nitrogen and oxygen atoms in total. The Morgan fingerprint density at radius 1 is 1.16 bits per heavy atom. The van der Waals surface area contributed by atoms with E-state index in [0.717, 1.165) is 4.47 Å². The number of fused-ring (bicyclic) bond motifs is 3. The molecule has 3 N–H and O–H groups in total. The highest BCUT2D eigenvalue weighted by molar-refractivity contribution is 9.10. The Hall–Kier alpha value is -3.39. The monoisotopic (exact) mass is 497 g/mol. The van der Waals surface area contributed by atoms with Gasteiger partial charge in [0.2, 0.25) is 0 Å². The number of ketones is 3. The van der Waals surface area contributed by atoms with Gasteiger partial charge in [-0.1, -0.05) is 22.0 Å². The van der Waals surface area contributed by atoms with Gasteiger partial charge in [-0.25, -0.2) is 0 Å². The molecule has 0 saturated carbocycles. The largest absolute Gasteiger partial charge is 0.507 e. The van der Waals surface area contributed by atoms with Crippen molar-refractivity contribution in [2.45, 2.75) is 33.1 Å². The van der Waals surface area contributed by atoms with Crippen molar-refractivity contribution in [1.29, 1.82) is 0 Å². The average molecular weight is 498 g/mol. The first-order valence-corrected chi connectivity index (χ1v) is 10.6. The summed E-state index contributed by atoms with van der Waals surface area (Å²) in [6.07, 6.45) is 1.19. The van der Waals surface area contributed by atoms with Gasteiger partial charge in [-0.15, -0.1) is 0 Å². The third-order valence-corrected chi connectivity index (χ3v) is 6.41. The van der Waals surface area contributed by atoms with E-state index in [2.05, 4.69) is 21.2 Å². The lowest BCUT2D eigenvalue weighted by Crippen LogP contribution is -2.40. The molecule has 1 unspecified atom stereocenters. The second-order valence-electron chi connectivity index (χ2n) is 8.02. The number of rotatable bonds is 3. The zero-order chi connectivity index (χ0) is 23.5. The Kier molecular flexibility index (Phi) is 5.01. The van der Waals surface area contributed by atoms with E-state index in [1.807, 2.05) is 12.1 Å². The maximum absolute atomic E-state index is 13.7.